The quantitative estimate of drug-likeness (QED) is 0.714. The molecule has 0 aromatic heterocycles. The van der Waals surface area contributed by atoms with Gasteiger partial charge < -0.3 is 9.84 Å². The highest BCUT2D eigenvalue weighted by Gasteiger charge is 2.35. The Morgan fingerprint density at radius 2 is 1.33 bits per heavy atom. The van der Waals surface area contributed by atoms with Gasteiger partial charge in [-0.2, -0.15) is 0 Å². The Bertz CT molecular complexity index is 716. The molecular formula is C14H6Cl4O3. The van der Waals surface area contributed by atoms with Gasteiger partial charge in [0.2, 0.25) is 0 Å². The average Bonchev–Trinajstić information content (AvgIpc) is 2.35. The van der Waals surface area contributed by atoms with Crippen LogP contribution < -0.4 is 4.74 Å². The van der Waals surface area contributed by atoms with Crippen LogP contribution in [0.25, 0.3) is 0 Å². The van der Waals surface area contributed by atoms with E-state index in [4.69, 9.17) is 51.1 Å². The molecule has 0 atom stereocenters. The van der Waals surface area contributed by atoms with Gasteiger partial charge in [0, 0.05) is 21.2 Å². The number of hydrogen-bond acceptors (Lipinski definition) is 2. The van der Waals surface area contributed by atoms with E-state index in [1.807, 2.05) is 0 Å². The van der Waals surface area contributed by atoms with E-state index in [9.17, 15) is 9.90 Å². The van der Waals surface area contributed by atoms with E-state index in [0.29, 0.717) is 21.2 Å². The largest absolute Gasteiger partial charge is 0.481 e. The second-order valence-electron chi connectivity index (χ2n) is 4.49. The number of ether oxygens (including phenoxy) is 1. The minimum Gasteiger partial charge on any atom is -0.481 e. The van der Waals surface area contributed by atoms with Crippen LogP contribution >= 0.6 is 46.4 Å². The molecule has 0 saturated carbocycles. The molecule has 0 bridgehead atoms. The average molecular weight is 364 g/mol. The smallest absolute Gasteiger partial charge is 0.315 e. The van der Waals surface area contributed by atoms with Crippen molar-refractivity contribution in [1.29, 1.82) is 0 Å². The number of rotatable bonds is 1. The molecule has 7 heteroatoms. The Kier molecular flexibility index (Phi) is 3.70. The summed E-state index contributed by atoms with van der Waals surface area (Å²) < 4.78 is 5.68. The summed E-state index contributed by atoms with van der Waals surface area (Å²) in [6.07, 6.45) is 0. The van der Waals surface area contributed by atoms with Crippen molar-refractivity contribution in [1.82, 2.24) is 0 Å². The summed E-state index contributed by atoms with van der Waals surface area (Å²) in [5.41, 5.74) is 0.733. The maximum absolute atomic E-state index is 11.7. The highest BCUT2D eigenvalue weighted by Crippen LogP contribution is 2.51. The fourth-order valence-corrected chi connectivity index (χ4v) is 3.44. The second kappa shape index (κ2) is 5.25. The standard InChI is InChI=1S/C14H6Cl4O3/c15-5-1-7-11(14(19)20)8-2-6(16)4-10(18)13(8)21-12(7)9(17)3-5/h1-4,11H,(H,19,20). The molecule has 1 aliphatic heterocycles. The molecule has 0 saturated heterocycles. The molecule has 3 rings (SSSR count). The number of halogens is 4. The SMILES string of the molecule is O=C(O)C1c2cc(Cl)cc(Cl)c2Oc2c(Cl)cc(Cl)cc21. The van der Waals surface area contributed by atoms with Crippen LogP contribution in [0.3, 0.4) is 0 Å². The van der Waals surface area contributed by atoms with E-state index in [0.717, 1.165) is 0 Å². The van der Waals surface area contributed by atoms with Crippen LogP contribution in [-0.2, 0) is 4.79 Å². The van der Waals surface area contributed by atoms with Gasteiger partial charge in [-0.05, 0) is 24.3 Å². The lowest BCUT2D eigenvalue weighted by atomic mass is 9.88. The van der Waals surface area contributed by atoms with Gasteiger partial charge in [-0.1, -0.05) is 46.4 Å². The van der Waals surface area contributed by atoms with Crippen molar-refractivity contribution in [2.75, 3.05) is 0 Å². The third kappa shape index (κ3) is 2.44. The zero-order chi connectivity index (χ0) is 15.3. The zero-order valence-corrected chi connectivity index (χ0v) is 13.2. The van der Waals surface area contributed by atoms with E-state index >= 15 is 0 Å². The predicted molar refractivity (Wildman–Crippen MR) is 82.5 cm³/mol. The van der Waals surface area contributed by atoms with Crippen molar-refractivity contribution < 1.29 is 14.6 Å². The molecule has 0 amide bonds. The minimum atomic E-state index is -1.07. The Balaban J connectivity index is 2.33. The molecule has 1 heterocycles. The molecular weight excluding hydrogens is 358 g/mol. The van der Waals surface area contributed by atoms with E-state index in [2.05, 4.69) is 0 Å². The molecule has 0 spiro atoms. The van der Waals surface area contributed by atoms with Gasteiger partial charge in [-0.15, -0.1) is 0 Å². The molecule has 0 fully saturated rings. The van der Waals surface area contributed by atoms with Gasteiger partial charge in [0.05, 0.1) is 10.0 Å². The fraction of sp³-hybridized carbons (Fsp3) is 0.0714. The maximum atomic E-state index is 11.7. The second-order valence-corrected chi connectivity index (χ2v) is 6.17. The molecule has 3 nitrogen and oxygen atoms in total. The fourth-order valence-electron chi connectivity index (χ4n) is 2.34. The van der Waals surface area contributed by atoms with Gasteiger partial charge in [0.25, 0.3) is 0 Å². The van der Waals surface area contributed by atoms with Crippen LogP contribution in [0.2, 0.25) is 20.1 Å². The summed E-state index contributed by atoms with van der Waals surface area (Å²) in [4.78, 5) is 11.7. The van der Waals surface area contributed by atoms with E-state index < -0.39 is 11.9 Å². The van der Waals surface area contributed by atoms with Crippen LogP contribution in [0.4, 0.5) is 0 Å². The first-order valence-corrected chi connectivity index (χ1v) is 7.28. The Morgan fingerprint density at radius 3 is 1.71 bits per heavy atom. The number of benzene rings is 2. The highest BCUT2D eigenvalue weighted by atomic mass is 35.5. The number of fused-ring (bicyclic) bond motifs is 2. The summed E-state index contributed by atoms with van der Waals surface area (Å²) in [6.45, 7) is 0. The van der Waals surface area contributed by atoms with Crippen molar-refractivity contribution >= 4 is 52.4 Å². The summed E-state index contributed by atoms with van der Waals surface area (Å²) in [5, 5.41) is 10.7. The first-order chi connectivity index (χ1) is 9.88. The summed E-state index contributed by atoms with van der Waals surface area (Å²) in [7, 11) is 0. The van der Waals surface area contributed by atoms with Crippen LogP contribution in [-0.4, -0.2) is 11.1 Å². The van der Waals surface area contributed by atoms with Crippen molar-refractivity contribution in [3.8, 4) is 11.5 Å². The van der Waals surface area contributed by atoms with Crippen molar-refractivity contribution in [3.05, 3.63) is 55.5 Å². The summed E-state index contributed by atoms with van der Waals surface area (Å²) in [6, 6.07) is 5.99. The monoisotopic (exact) mass is 362 g/mol. The Morgan fingerprint density at radius 1 is 0.905 bits per heavy atom. The molecule has 0 aliphatic carbocycles. The van der Waals surface area contributed by atoms with Crippen molar-refractivity contribution in [3.63, 3.8) is 0 Å². The van der Waals surface area contributed by atoms with Crippen LogP contribution in [0.5, 0.6) is 11.5 Å². The number of aliphatic carboxylic acids is 1. The third-order valence-electron chi connectivity index (χ3n) is 3.15. The topological polar surface area (TPSA) is 46.5 Å². The lowest BCUT2D eigenvalue weighted by molar-refractivity contribution is -0.137. The highest BCUT2D eigenvalue weighted by molar-refractivity contribution is 6.37. The normalized spacial score (nSPS) is 13.3. The van der Waals surface area contributed by atoms with Crippen LogP contribution in [0.1, 0.15) is 17.0 Å². The molecule has 2 aromatic carbocycles. The summed E-state index contributed by atoms with van der Waals surface area (Å²) >= 11 is 24.1. The minimum absolute atomic E-state index is 0.223. The molecule has 1 N–H and O–H groups in total. The lowest BCUT2D eigenvalue weighted by Gasteiger charge is -2.27. The first kappa shape index (κ1) is 14.8. The number of carboxylic acids is 1. The maximum Gasteiger partial charge on any atom is 0.315 e. The number of carboxylic acid groups (broad SMARTS) is 1. The molecule has 1 aliphatic rings. The molecule has 0 unspecified atom stereocenters. The molecule has 2 aromatic rings. The van der Waals surface area contributed by atoms with E-state index in [-0.39, 0.29) is 21.5 Å². The molecule has 108 valence electrons. The molecule has 0 radical (unpaired) electrons. The summed E-state index contributed by atoms with van der Waals surface area (Å²) in [5.74, 6) is -1.59. The van der Waals surface area contributed by atoms with Gasteiger partial charge in [-0.3, -0.25) is 4.79 Å². The Labute approximate surface area is 139 Å². The molecule has 21 heavy (non-hydrogen) atoms. The predicted octanol–water partition coefficient (Wildman–Crippen LogP) is 5.62. The van der Waals surface area contributed by atoms with Crippen LogP contribution in [0.15, 0.2) is 24.3 Å². The van der Waals surface area contributed by atoms with Gasteiger partial charge in [0.15, 0.2) is 11.5 Å². The van der Waals surface area contributed by atoms with Crippen LogP contribution in [0, 0.1) is 0 Å². The van der Waals surface area contributed by atoms with Crippen molar-refractivity contribution in [2.45, 2.75) is 5.92 Å². The van der Waals surface area contributed by atoms with E-state index in [1.54, 1.807) is 0 Å². The lowest BCUT2D eigenvalue weighted by Crippen LogP contribution is -2.19. The first-order valence-electron chi connectivity index (χ1n) is 5.77. The van der Waals surface area contributed by atoms with Gasteiger partial charge in [-0.25, -0.2) is 0 Å². The number of hydrogen-bond donors (Lipinski definition) is 1. The number of carbonyl (C=O) groups is 1. The zero-order valence-electron chi connectivity index (χ0n) is 10.2. The van der Waals surface area contributed by atoms with Crippen molar-refractivity contribution in [2.24, 2.45) is 0 Å². The van der Waals surface area contributed by atoms with E-state index in [1.165, 1.54) is 24.3 Å². The van der Waals surface area contributed by atoms with Gasteiger partial charge >= 0.3 is 5.97 Å². The third-order valence-corrected chi connectivity index (χ3v) is 4.15. The Hall–Kier alpha value is -1.13. The van der Waals surface area contributed by atoms with Gasteiger partial charge in [0.1, 0.15) is 5.92 Å².